The SMILES string of the molecule is CCCNC(c1ccc(C)cc1C)c1ccccc1Br. The molecule has 0 amide bonds. The van der Waals surface area contributed by atoms with Crippen molar-refractivity contribution in [1.29, 1.82) is 0 Å². The maximum atomic E-state index is 3.69. The highest BCUT2D eigenvalue weighted by Gasteiger charge is 2.17. The zero-order valence-corrected chi connectivity index (χ0v) is 14.0. The number of hydrogen-bond donors (Lipinski definition) is 1. The van der Waals surface area contributed by atoms with Crippen molar-refractivity contribution in [3.63, 3.8) is 0 Å². The van der Waals surface area contributed by atoms with E-state index in [1.165, 1.54) is 22.3 Å². The summed E-state index contributed by atoms with van der Waals surface area (Å²) in [5, 5.41) is 3.67. The van der Waals surface area contributed by atoms with E-state index < -0.39 is 0 Å². The van der Waals surface area contributed by atoms with Crippen LogP contribution in [0.2, 0.25) is 0 Å². The average Bonchev–Trinajstić information content (AvgIpc) is 2.42. The van der Waals surface area contributed by atoms with E-state index in [4.69, 9.17) is 0 Å². The molecular formula is C18H22BrN. The van der Waals surface area contributed by atoms with Crippen LogP contribution in [0.15, 0.2) is 46.9 Å². The van der Waals surface area contributed by atoms with Gasteiger partial charge in [0.05, 0.1) is 6.04 Å². The zero-order valence-electron chi connectivity index (χ0n) is 12.4. The first-order valence-electron chi connectivity index (χ1n) is 7.18. The minimum atomic E-state index is 0.242. The second kappa shape index (κ2) is 7.05. The van der Waals surface area contributed by atoms with Gasteiger partial charge in [-0.15, -0.1) is 0 Å². The molecule has 0 bridgehead atoms. The van der Waals surface area contributed by atoms with Crippen molar-refractivity contribution in [1.82, 2.24) is 5.32 Å². The second-order valence-electron chi connectivity index (χ2n) is 5.27. The molecule has 1 nitrogen and oxygen atoms in total. The van der Waals surface area contributed by atoms with Gasteiger partial charge in [0, 0.05) is 4.47 Å². The molecular weight excluding hydrogens is 310 g/mol. The van der Waals surface area contributed by atoms with Crippen molar-refractivity contribution in [2.75, 3.05) is 6.54 Å². The molecule has 1 N–H and O–H groups in total. The molecule has 0 radical (unpaired) electrons. The molecule has 106 valence electrons. The first-order valence-corrected chi connectivity index (χ1v) is 7.97. The minimum absolute atomic E-state index is 0.242. The maximum Gasteiger partial charge on any atom is 0.0590 e. The van der Waals surface area contributed by atoms with Gasteiger partial charge in [0.1, 0.15) is 0 Å². The van der Waals surface area contributed by atoms with E-state index in [0.717, 1.165) is 17.4 Å². The average molecular weight is 332 g/mol. The van der Waals surface area contributed by atoms with Crippen LogP contribution in [0, 0.1) is 13.8 Å². The van der Waals surface area contributed by atoms with E-state index in [9.17, 15) is 0 Å². The van der Waals surface area contributed by atoms with Gasteiger partial charge in [-0.3, -0.25) is 0 Å². The normalized spacial score (nSPS) is 12.4. The Morgan fingerprint density at radius 2 is 1.80 bits per heavy atom. The number of benzene rings is 2. The predicted molar refractivity (Wildman–Crippen MR) is 90.2 cm³/mol. The molecule has 0 aliphatic carbocycles. The van der Waals surface area contributed by atoms with Gasteiger partial charge < -0.3 is 5.32 Å². The molecule has 0 spiro atoms. The van der Waals surface area contributed by atoms with E-state index in [1.807, 2.05) is 0 Å². The van der Waals surface area contributed by atoms with Crippen LogP contribution in [-0.4, -0.2) is 6.54 Å². The molecule has 2 rings (SSSR count). The summed E-state index contributed by atoms with van der Waals surface area (Å²) < 4.78 is 1.16. The summed E-state index contributed by atoms with van der Waals surface area (Å²) in [7, 11) is 0. The second-order valence-corrected chi connectivity index (χ2v) is 6.12. The predicted octanol–water partition coefficient (Wildman–Crippen LogP) is 5.15. The number of nitrogens with one attached hydrogen (secondary N) is 1. The molecule has 0 fully saturated rings. The van der Waals surface area contributed by atoms with Gasteiger partial charge in [-0.05, 0) is 49.6 Å². The van der Waals surface area contributed by atoms with E-state index in [1.54, 1.807) is 0 Å². The Morgan fingerprint density at radius 3 is 2.45 bits per heavy atom. The highest BCUT2D eigenvalue weighted by molar-refractivity contribution is 9.10. The van der Waals surface area contributed by atoms with Crippen molar-refractivity contribution >= 4 is 15.9 Å². The first-order chi connectivity index (χ1) is 9.63. The number of halogens is 1. The van der Waals surface area contributed by atoms with E-state index in [2.05, 4.69) is 84.5 Å². The summed E-state index contributed by atoms with van der Waals surface area (Å²) in [5.41, 5.74) is 5.31. The van der Waals surface area contributed by atoms with Gasteiger partial charge in [0.2, 0.25) is 0 Å². The Kier molecular flexibility index (Phi) is 5.38. The van der Waals surface area contributed by atoms with Gasteiger partial charge in [-0.1, -0.05) is 64.8 Å². The molecule has 0 aliphatic heterocycles. The summed E-state index contributed by atoms with van der Waals surface area (Å²) in [6.07, 6.45) is 1.13. The molecule has 2 aromatic rings. The molecule has 2 aromatic carbocycles. The largest absolute Gasteiger partial charge is 0.306 e. The van der Waals surface area contributed by atoms with E-state index >= 15 is 0 Å². The Bertz CT molecular complexity index is 577. The third kappa shape index (κ3) is 3.50. The minimum Gasteiger partial charge on any atom is -0.306 e. The standard InChI is InChI=1S/C18H22BrN/c1-4-11-20-18(16-7-5-6-8-17(16)19)15-10-9-13(2)12-14(15)3/h5-10,12,18,20H,4,11H2,1-3H3. The monoisotopic (exact) mass is 331 g/mol. The maximum absolute atomic E-state index is 3.69. The Hall–Kier alpha value is -1.12. The summed E-state index contributed by atoms with van der Waals surface area (Å²) in [5.74, 6) is 0. The van der Waals surface area contributed by atoms with Crippen LogP contribution in [0.3, 0.4) is 0 Å². The van der Waals surface area contributed by atoms with Crippen LogP contribution in [-0.2, 0) is 0 Å². The zero-order chi connectivity index (χ0) is 14.5. The van der Waals surface area contributed by atoms with Gasteiger partial charge in [-0.25, -0.2) is 0 Å². The molecule has 2 heteroatoms. The third-order valence-corrected chi connectivity index (χ3v) is 4.27. The lowest BCUT2D eigenvalue weighted by molar-refractivity contribution is 0.594. The van der Waals surface area contributed by atoms with Crippen molar-refractivity contribution in [3.8, 4) is 0 Å². The van der Waals surface area contributed by atoms with Gasteiger partial charge in [0.25, 0.3) is 0 Å². The summed E-state index contributed by atoms with van der Waals surface area (Å²) in [4.78, 5) is 0. The van der Waals surface area contributed by atoms with Crippen LogP contribution in [0.5, 0.6) is 0 Å². The highest BCUT2D eigenvalue weighted by atomic mass is 79.9. The fraction of sp³-hybridized carbons (Fsp3) is 0.333. The van der Waals surface area contributed by atoms with E-state index in [-0.39, 0.29) is 6.04 Å². The third-order valence-electron chi connectivity index (χ3n) is 3.55. The Labute approximate surface area is 130 Å². The molecule has 1 atom stereocenters. The number of rotatable bonds is 5. The molecule has 0 aromatic heterocycles. The van der Waals surface area contributed by atoms with Crippen LogP contribution in [0.4, 0.5) is 0 Å². The Morgan fingerprint density at radius 1 is 1.05 bits per heavy atom. The molecule has 0 aliphatic rings. The van der Waals surface area contributed by atoms with Gasteiger partial charge in [-0.2, -0.15) is 0 Å². The van der Waals surface area contributed by atoms with Gasteiger partial charge in [0.15, 0.2) is 0 Å². The fourth-order valence-corrected chi connectivity index (χ4v) is 3.05. The van der Waals surface area contributed by atoms with Crippen LogP contribution < -0.4 is 5.32 Å². The van der Waals surface area contributed by atoms with Crippen LogP contribution >= 0.6 is 15.9 Å². The van der Waals surface area contributed by atoms with Crippen molar-refractivity contribution < 1.29 is 0 Å². The Balaban J connectivity index is 2.44. The lowest BCUT2D eigenvalue weighted by Gasteiger charge is -2.23. The number of aryl methyl sites for hydroxylation is 2. The molecule has 0 saturated heterocycles. The van der Waals surface area contributed by atoms with Gasteiger partial charge >= 0.3 is 0 Å². The summed E-state index contributed by atoms with van der Waals surface area (Å²) in [6.45, 7) is 7.55. The quantitative estimate of drug-likeness (QED) is 0.798. The molecule has 0 saturated carbocycles. The van der Waals surface area contributed by atoms with E-state index in [0.29, 0.717) is 0 Å². The molecule has 1 unspecified atom stereocenters. The van der Waals surface area contributed by atoms with Crippen molar-refractivity contribution in [2.45, 2.75) is 33.2 Å². The number of hydrogen-bond acceptors (Lipinski definition) is 1. The van der Waals surface area contributed by atoms with Crippen LogP contribution in [0.1, 0.15) is 41.6 Å². The first kappa shape index (κ1) is 15.3. The lowest BCUT2D eigenvalue weighted by atomic mass is 9.94. The fourth-order valence-electron chi connectivity index (χ4n) is 2.53. The van der Waals surface area contributed by atoms with Crippen molar-refractivity contribution in [2.24, 2.45) is 0 Å². The lowest BCUT2D eigenvalue weighted by Crippen LogP contribution is -2.24. The van der Waals surface area contributed by atoms with Crippen LogP contribution in [0.25, 0.3) is 0 Å². The summed E-state index contributed by atoms with van der Waals surface area (Å²) in [6, 6.07) is 15.4. The molecule has 0 heterocycles. The topological polar surface area (TPSA) is 12.0 Å². The molecule has 20 heavy (non-hydrogen) atoms. The summed E-state index contributed by atoms with van der Waals surface area (Å²) >= 11 is 3.69. The van der Waals surface area contributed by atoms with Crippen molar-refractivity contribution in [3.05, 3.63) is 69.2 Å². The smallest absolute Gasteiger partial charge is 0.0590 e. The highest BCUT2D eigenvalue weighted by Crippen LogP contribution is 2.30.